The van der Waals surface area contributed by atoms with E-state index in [1.807, 2.05) is 13.0 Å². The molecule has 0 rings (SSSR count). The van der Waals surface area contributed by atoms with Gasteiger partial charge in [-0.05, 0) is 39.7 Å². The van der Waals surface area contributed by atoms with Crippen molar-refractivity contribution in [3.63, 3.8) is 0 Å². The first-order valence-electron chi connectivity index (χ1n) is 5.87. The molecule has 0 aliphatic heterocycles. The highest BCUT2D eigenvalue weighted by atomic mass is 16.5. The molecule has 0 aromatic heterocycles. The average Bonchev–Trinajstić information content (AvgIpc) is 2.15. The minimum atomic E-state index is -0.293. The Morgan fingerprint density at radius 2 is 2.00 bits per heavy atom. The Morgan fingerprint density at radius 3 is 2.47 bits per heavy atom. The van der Waals surface area contributed by atoms with Gasteiger partial charge in [0.2, 0.25) is 0 Å². The van der Waals surface area contributed by atoms with Gasteiger partial charge in [-0.2, -0.15) is 0 Å². The number of carbonyl (C=O) groups excluding carboxylic acids is 1. The van der Waals surface area contributed by atoms with E-state index in [-0.39, 0.29) is 12.1 Å². The Labute approximate surface area is 105 Å². The summed E-state index contributed by atoms with van der Waals surface area (Å²) in [4.78, 5) is 10.9. The summed E-state index contributed by atoms with van der Waals surface area (Å²) in [6.45, 7) is 7.60. The summed E-state index contributed by atoms with van der Waals surface area (Å²) in [7, 11) is 0. The van der Waals surface area contributed by atoms with Crippen molar-refractivity contribution in [3.05, 3.63) is 23.3 Å². The van der Waals surface area contributed by atoms with Gasteiger partial charge in [0.25, 0.3) is 0 Å². The lowest BCUT2D eigenvalue weighted by Gasteiger charge is -2.11. The van der Waals surface area contributed by atoms with Crippen LogP contribution in [0.4, 0.5) is 0 Å². The molecule has 0 heterocycles. The third-order valence-electron chi connectivity index (χ3n) is 2.20. The molecule has 0 N–H and O–H groups in total. The summed E-state index contributed by atoms with van der Waals surface area (Å²) in [6.07, 6.45) is 11.5. The fraction of sp³-hybridized carbons (Fsp3) is 0.533. The van der Waals surface area contributed by atoms with Crippen LogP contribution in [-0.4, -0.2) is 12.1 Å². The van der Waals surface area contributed by atoms with Crippen LogP contribution in [0.1, 0.15) is 47.0 Å². The second-order valence-corrected chi connectivity index (χ2v) is 4.39. The van der Waals surface area contributed by atoms with Crippen molar-refractivity contribution in [2.24, 2.45) is 0 Å². The number of hydrogen-bond donors (Lipinski definition) is 0. The number of terminal acetylenes is 1. The molecule has 0 aromatic rings. The van der Waals surface area contributed by atoms with Crippen LogP contribution in [0.15, 0.2) is 23.3 Å². The zero-order valence-corrected chi connectivity index (χ0v) is 11.2. The SMILES string of the molecule is C#CC[C@@H](/C=C(\C)CCC=C(C)C)OC(C)=O. The van der Waals surface area contributed by atoms with E-state index in [9.17, 15) is 4.79 Å². The molecule has 0 saturated heterocycles. The minimum Gasteiger partial charge on any atom is -0.457 e. The molecule has 0 aliphatic rings. The second-order valence-electron chi connectivity index (χ2n) is 4.39. The number of rotatable bonds is 6. The molecule has 0 radical (unpaired) electrons. The number of carbonyl (C=O) groups is 1. The molecular formula is C15H22O2. The highest BCUT2D eigenvalue weighted by Crippen LogP contribution is 2.11. The molecule has 0 aromatic carbocycles. The van der Waals surface area contributed by atoms with Gasteiger partial charge in [0.1, 0.15) is 6.10 Å². The molecule has 0 amide bonds. The maximum atomic E-state index is 10.9. The van der Waals surface area contributed by atoms with Gasteiger partial charge in [0.05, 0.1) is 0 Å². The first-order valence-corrected chi connectivity index (χ1v) is 5.87. The zero-order chi connectivity index (χ0) is 13.3. The summed E-state index contributed by atoms with van der Waals surface area (Å²) in [5, 5.41) is 0. The van der Waals surface area contributed by atoms with E-state index in [4.69, 9.17) is 11.2 Å². The first kappa shape index (κ1) is 15.5. The number of hydrogen-bond acceptors (Lipinski definition) is 2. The number of esters is 1. The average molecular weight is 234 g/mol. The fourth-order valence-corrected chi connectivity index (χ4v) is 1.45. The smallest absolute Gasteiger partial charge is 0.303 e. The Hall–Kier alpha value is -1.49. The Kier molecular flexibility index (Phi) is 7.88. The van der Waals surface area contributed by atoms with E-state index in [0.29, 0.717) is 6.42 Å². The lowest BCUT2D eigenvalue weighted by molar-refractivity contribution is -0.143. The van der Waals surface area contributed by atoms with Crippen LogP contribution < -0.4 is 0 Å². The molecule has 17 heavy (non-hydrogen) atoms. The van der Waals surface area contributed by atoms with Gasteiger partial charge < -0.3 is 4.74 Å². The summed E-state index contributed by atoms with van der Waals surface area (Å²) in [5.41, 5.74) is 2.52. The molecule has 0 aliphatic carbocycles. The van der Waals surface area contributed by atoms with Crippen LogP contribution in [-0.2, 0) is 9.53 Å². The third kappa shape index (κ3) is 9.44. The van der Waals surface area contributed by atoms with Crippen LogP contribution in [0.25, 0.3) is 0 Å². The standard InChI is InChI=1S/C15H22O2/c1-6-8-15(17-14(5)16)11-13(4)10-7-9-12(2)3/h1,9,11,15H,7-8,10H2,2-5H3/b13-11+/t15-/m0/s1. The van der Waals surface area contributed by atoms with Crippen LogP contribution in [0, 0.1) is 12.3 Å². The Bertz CT molecular complexity index is 338. The highest BCUT2D eigenvalue weighted by Gasteiger charge is 2.07. The molecule has 94 valence electrons. The fourth-order valence-electron chi connectivity index (χ4n) is 1.45. The van der Waals surface area contributed by atoms with Crippen LogP contribution in [0.3, 0.4) is 0 Å². The summed E-state index contributed by atoms with van der Waals surface area (Å²) in [5.74, 6) is 2.23. The van der Waals surface area contributed by atoms with E-state index in [0.717, 1.165) is 12.8 Å². The normalized spacial score (nSPS) is 12.5. The van der Waals surface area contributed by atoms with Gasteiger partial charge in [0, 0.05) is 13.3 Å². The minimum absolute atomic E-state index is 0.288. The van der Waals surface area contributed by atoms with E-state index in [2.05, 4.69) is 25.8 Å². The van der Waals surface area contributed by atoms with Crippen molar-refractivity contribution >= 4 is 5.97 Å². The van der Waals surface area contributed by atoms with Crippen LogP contribution in [0.2, 0.25) is 0 Å². The predicted octanol–water partition coefficient (Wildman–Crippen LogP) is 3.63. The predicted molar refractivity (Wildman–Crippen MR) is 71.4 cm³/mol. The second kappa shape index (κ2) is 8.64. The number of allylic oxidation sites excluding steroid dienone is 3. The maximum Gasteiger partial charge on any atom is 0.303 e. The highest BCUT2D eigenvalue weighted by molar-refractivity contribution is 5.66. The summed E-state index contributed by atoms with van der Waals surface area (Å²) in [6, 6.07) is 0. The lowest BCUT2D eigenvalue weighted by Crippen LogP contribution is -2.13. The Balaban J connectivity index is 4.33. The molecule has 0 bridgehead atoms. The van der Waals surface area contributed by atoms with Gasteiger partial charge in [-0.3, -0.25) is 4.79 Å². The van der Waals surface area contributed by atoms with Gasteiger partial charge >= 0.3 is 5.97 Å². The summed E-state index contributed by atoms with van der Waals surface area (Å²) >= 11 is 0. The van der Waals surface area contributed by atoms with Crippen molar-refractivity contribution < 1.29 is 9.53 Å². The van der Waals surface area contributed by atoms with E-state index in [1.54, 1.807) is 0 Å². The van der Waals surface area contributed by atoms with Gasteiger partial charge in [-0.15, -0.1) is 12.3 Å². The van der Waals surface area contributed by atoms with E-state index < -0.39 is 0 Å². The van der Waals surface area contributed by atoms with Crippen molar-refractivity contribution in [2.75, 3.05) is 0 Å². The van der Waals surface area contributed by atoms with Gasteiger partial charge in [-0.1, -0.05) is 17.2 Å². The van der Waals surface area contributed by atoms with E-state index >= 15 is 0 Å². The van der Waals surface area contributed by atoms with Crippen molar-refractivity contribution in [2.45, 2.75) is 53.1 Å². The van der Waals surface area contributed by atoms with E-state index in [1.165, 1.54) is 18.1 Å². The summed E-state index contributed by atoms with van der Waals surface area (Å²) < 4.78 is 5.12. The molecule has 2 heteroatoms. The topological polar surface area (TPSA) is 26.3 Å². The quantitative estimate of drug-likeness (QED) is 0.398. The monoisotopic (exact) mass is 234 g/mol. The number of ether oxygens (including phenoxy) is 1. The lowest BCUT2D eigenvalue weighted by atomic mass is 10.1. The first-order chi connectivity index (χ1) is 7.95. The largest absolute Gasteiger partial charge is 0.457 e. The molecule has 2 nitrogen and oxygen atoms in total. The molecule has 1 atom stereocenters. The van der Waals surface area contributed by atoms with Crippen LogP contribution in [0.5, 0.6) is 0 Å². The van der Waals surface area contributed by atoms with Crippen LogP contribution >= 0.6 is 0 Å². The van der Waals surface area contributed by atoms with Gasteiger partial charge in [-0.25, -0.2) is 0 Å². The van der Waals surface area contributed by atoms with Gasteiger partial charge in [0.15, 0.2) is 0 Å². The Morgan fingerprint density at radius 1 is 1.35 bits per heavy atom. The molecule has 0 fully saturated rings. The van der Waals surface area contributed by atoms with Crippen molar-refractivity contribution in [1.29, 1.82) is 0 Å². The zero-order valence-electron chi connectivity index (χ0n) is 11.2. The third-order valence-corrected chi connectivity index (χ3v) is 2.20. The van der Waals surface area contributed by atoms with Crippen molar-refractivity contribution in [3.8, 4) is 12.3 Å². The maximum absolute atomic E-state index is 10.9. The molecular weight excluding hydrogens is 212 g/mol. The molecule has 0 saturated carbocycles. The molecule has 0 spiro atoms. The van der Waals surface area contributed by atoms with Crippen molar-refractivity contribution in [1.82, 2.24) is 0 Å². The molecule has 0 unspecified atom stereocenters.